The first kappa shape index (κ1) is 23.8. The molecule has 2 rings (SSSR count). The van der Waals surface area contributed by atoms with Crippen molar-refractivity contribution in [2.24, 2.45) is 4.99 Å². The van der Waals surface area contributed by atoms with Crippen molar-refractivity contribution < 1.29 is 9.47 Å². The van der Waals surface area contributed by atoms with E-state index in [1.54, 1.807) is 0 Å². The summed E-state index contributed by atoms with van der Waals surface area (Å²) in [5, 5.41) is 0. The van der Waals surface area contributed by atoms with Crippen LogP contribution >= 0.6 is 0 Å². The third-order valence-electron chi connectivity index (χ3n) is 4.98. The van der Waals surface area contributed by atoms with Crippen molar-refractivity contribution in [3.05, 3.63) is 38.4 Å². The summed E-state index contributed by atoms with van der Waals surface area (Å²) in [6.07, 6.45) is 2.26. The molecule has 0 spiro atoms. The number of imidazole rings is 1. The highest BCUT2D eigenvalue weighted by Crippen LogP contribution is 2.10. The summed E-state index contributed by atoms with van der Waals surface area (Å²) >= 11 is 0. The molecule has 0 fully saturated rings. The summed E-state index contributed by atoms with van der Waals surface area (Å²) in [6, 6.07) is 0.980. The third kappa shape index (κ3) is 5.79. The van der Waals surface area contributed by atoms with Crippen molar-refractivity contribution in [2.75, 3.05) is 13.7 Å². The number of H-pyrrole nitrogens is 1. The Bertz CT molecular complexity index is 1060. The Labute approximate surface area is 177 Å². The SMILES string of the molecule is CC/C(C)=C(/C)N=C(Cn1c(=O)c2[nH]cnc2n(COCC[Si](C)(C)C)c1=O)OC. The molecule has 0 saturated heterocycles. The summed E-state index contributed by atoms with van der Waals surface area (Å²) in [4.78, 5) is 37.4. The van der Waals surface area contributed by atoms with Crippen molar-refractivity contribution in [1.82, 2.24) is 19.1 Å². The molecule has 0 bridgehead atoms. The molecule has 2 aromatic heterocycles. The Hall–Kier alpha value is -2.46. The summed E-state index contributed by atoms with van der Waals surface area (Å²) in [7, 11) is 0.227. The monoisotopic (exact) mass is 435 g/mol. The van der Waals surface area contributed by atoms with Crippen molar-refractivity contribution in [1.29, 1.82) is 0 Å². The molecule has 30 heavy (non-hydrogen) atoms. The van der Waals surface area contributed by atoms with Gasteiger partial charge >= 0.3 is 5.69 Å². The van der Waals surface area contributed by atoms with Gasteiger partial charge in [0, 0.05) is 20.4 Å². The van der Waals surface area contributed by atoms with Crippen LogP contribution in [0.1, 0.15) is 27.2 Å². The van der Waals surface area contributed by atoms with Gasteiger partial charge in [0.05, 0.1) is 13.4 Å². The van der Waals surface area contributed by atoms with E-state index in [1.165, 1.54) is 18.0 Å². The van der Waals surface area contributed by atoms with Gasteiger partial charge in [-0.05, 0) is 26.3 Å². The lowest BCUT2D eigenvalue weighted by molar-refractivity contribution is 0.0855. The van der Waals surface area contributed by atoms with Gasteiger partial charge in [0.25, 0.3) is 5.56 Å². The number of aromatic nitrogens is 4. The minimum Gasteiger partial charge on any atom is -0.483 e. The largest absolute Gasteiger partial charge is 0.483 e. The highest BCUT2D eigenvalue weighted by atomic mass is 28.3. The predicted molar refractivity (Wildman–Crippen MR) is 122 cm³/mol. The molecule has 0 radical (unpaired) electrons. The zero-order chi connectivity index (χ0) is 22.5. The second-order valence-corrected chi connectivity index (χ2v) is 14.1. The zero-order valence-electron chi connectivity index (χ0n) is 19.0. The molecule has 0 unspecified atom stereocenters. The molecule has 10 heteroatoms. The number of methoxy groups -OCH3 is 1. The molecular weight excluding hydrogens is 402 g/mol. The molecule has 0 aliphatic heterocycles. The molecule has 2 heterocycles. The predicted octanol–water partition coefficient (Wildman–Crippen LogP) is 2.95. The number of hydrogen-bond donors (Lipinski definition) is 1. The Morgan fingerprint density at radius 1 is 1.23 bits per heavy atom. The Morgan fingerprint density at radius 2 is 1.93 bits per heavy atom. The molecule has 0 saturated carbocycles. The maximum Gasteiger partial charge on any atom is 0.335 e. The maximum absolute atomic E-state index is 13.1. The van der Waals surface area contributed by atoms with E-state index in [0.717, 1.165) is 28.3 Å². The molecule has 166 valence electrons. The van der Waals surface area contributed by atoms with Gasteiger partial charge in [0.15, 0.2) is 5.65 Å². The third-order valence-corrected chi connectivity index (χ3v) is 6.69. The van der Waals surface area contributed by atoms with E-state index >= 15 is 0 Å². The number of aromatic amines is 1. The normalized spacial score (nSPS) is 13.6. The van der Waals surface area contributed by atoms with Crippen LogP contribution < -0.4 is 11.2 Å². The molecule has 0 atom stereocenters. The number of nitrogens with zero attached hydrogens (tertiary/aromatic N) is 4. The average molecular weight is 436 g/mol. The van der Waals surface area contributed by atoms with Gasteiger partial charge in [-0.2, -0.15) is 0 Å². The van der Waals surface area contributed by atoms with Crippen LogP contribution in [0.2, 0.25) is 25.7 Å². The Morgan fingerprint density at radius 3 is 2.53 bits per heavy atom. The van der Waals surface area contributed by atoms with E-state index < -0.39 is 19.3 Å². The van der Waals surface area contributed by atoms with Crippen LogP contribution in [-0.4, -0.2) is 46.8 Å². The van der Waals surface area contributed by atoms with Gasteiger partial charge in [0.1, 0.15) is 18.8 Å². The van der Waals surface area contributed by atoms with Gasteiger partial charge in [-0.15, -0.1) is 0 Å². The van der Waals surface area contributed by atoms with Crippen LogP contribution in [-0.2, 0) is 22.7 Å². The molecule has 2 aromatic rings. The van der Waals surface area contributed by atoms with Gasteiger partial charge in [-0.3, -0.25) is 9.36 Å². The van der Waals surface area contributed by atoms with E-state index in [1.807, 2.05) is 20.8 Å². The summed E-state index contributed by atoms with van der Waals surface area (Å²) in [5.74, 6) is 0.282. The molecule has 0 amide bonds. The summed E-state index contributed by atoms with van der Waals surface area (Å²) < 4.78 is 13.6. The van der Waals surface area contributed by atoms with E-state index in [0.29, 0.717) is 6.61 Å². The van der Waals surface area contributed by atoms with E-state index in [-0.39, 0.29) is 30.3 Å². The quantitative estimate of drug-likeness (QED) is 0.282. The molecule has 0 aliphatic carbocycles. The molecule has 9 nitrogen and oxygen atoms in total. The van der Waals surface area contributed by atoms with Crippen LogP contribution in [0.4, 0.5) is 0 Å². The summed E-state index contributed by atoms with van der Waals surface area (Å²) in [5.41, 5.74) is 1.46. The fourth-order valence-corrected chi connectivity index (χ4v) is 3.47. The van der Waals surface area contributed by atoms with Crippen molar-refractivity contribution in [3.8, 4) is 0 Å². The number of allylic oxidation sites excluding steroid dienone is 2. The highest BCUT2D eigenvalue weighted by Gasteiger charge is 2.18. The van der Waals surface area contributed by atoms with Gasteiger partial charge in [-0.25, -0.2) is 19.3 Å². The first-order valence-electron chi connectivity index (χ1n) is 10.1. The van der Waals surface area contributed by atoms with Crippen molar-refractivity contribution >= 4 is 25.1 Å². The lowest BCUT2D eigenvalue weighted by Gasteiger charge is -2.16. The minimum absolute atomic E-state index is 0.0261. The summed E-state index contributed by atoms with van der Waals surface area (Å²) in [6.45, 7) is 13.2. The van der Waals surface area contributed by atoms with Crippen LogP contribution in [0.25, 0.3) is 11.2 Å². The second kappa shape index (κ2) is 10.0. The standard InChI is InChI=1S/C20H33N5O4Si/c1-8-14(2)15(3)23-16(28-4)11-24-19(26)17-18(22-12-21-17)25(20(24)27)13-29-9-10-30(5,6)7/h12H,8-11,13H2,1-7H3,(H,21,22)/b15-14-,23-16?. The fraction of sp³-hybridized carbons (Fsp3) is 0.600. The topological polar surface area (TPSA) is 104 Å². The van der Waals surface area contributed by atoms with E-state index in [4.69, 9.17) is 9.47 Å². The smallest absolute Gasteiger partial charge is 0.335 e. The minimum atomic E-state index is -1.25. The first-order chi connectivity index (χ1) is 14.1. The van der Waals surface area contributed by atoms with Crippen LogP contribution in [0.5, 0.6) is 0 Å². The number of hydrogen-bond acceptors (Lipinski definition) is 6. The Balaban J connectivity index is 2.42. The van der Waals surface area contributed by atoms with Gasteiger partial charge in [0.2, 0.25) is 5.90 Å². The van der Waals surface area contributed by atoms with E-state index in [2.05, 4.69) is 34.6 Å². The molecule has 1 N–H and O–H groups in total. The number of rotatable bonds is 9. The lowest BCUT2D eigenvalue weighted by Crippen LogP contribution is -2.42. The number of nitrogens with one attached hydrogen (secondary N) is 1. The highest BCUT2D eigenvalue weighted by molar-refractivity contribution is 6.76. The van der Waals surface area contributed by atoms with Crippen LogP contribution in [0.15, 0.2) is 32.2 Å². The Kier molecular flexibility index (Phi) is 7.96. The zero-order valence-corrected chi connectivity index (χ0v) is 20.0. The molecule has 0 aliphatic rings. The lowest BCUT2D eigenvalue weighted by atomic mass is 10.2. The van der Waals surface area contributed by atoms with Crippen molar-refractivity contribution in [3.63, 3.8) is 0 Å². The average Bonchev–Trinajstić information content (AvgIpc) is 3.17. The van der Waals surface area contributed by atoms with Crippen LogP contribution in [0.3, 0.4) is 0 Å². The van der Waals surface area contributed by atoms with Crippen molar-refractivity contribution in [2.45, 2.75) is 66.2 Å². The maximum atomic E-state index is 13.1. The first-order valence-corrected chi connectivity index (χ1v) is 13.8. The number of aliphatic imine (C=N–C) groups is 1. The second-order valence-electron chi connectivity index (χ2n) is 8.48. The van der Waals surface area contributed by atoms with Gasteiger partial charge < -0.3 is 14.5 Å². The van der Waals surface area contributed by atoms with Gasteiger partial charge in [-0.1, -0.05) is 32.1 Å². The fourth-order valence-electron chi connectivity index (χ4n) is 2.72. The molecular formula is C20H33N5O4Si. The molecule has 0 aromatic carbocycles. The van der Waals surface area contributed by atoms with E-state index in [9.17, 15) is 9.59 Å². The van der Waals surface area contributed by atoms with Crippen LogP contribution in [0, 0.1) is 0 Å². The number of ether oxygens (including phenoxy) is 2. The number of fused-ring (bicyclic) bond motifs is 1.